The molecule has 0 aromatic carbocycles. The fourth-order valence-electron chi connectivity index (χ4n) is 2.40. The topological polar surface area (TPSA) is 131 Å². The van der Waals surface area contributed by atoms with Crippen molar-refractivity contribution in [1.82, 2.24) is 19.9 Å². The zero-order valence-electron chi connectivity index (χ0n) is 19.1. The quantitative estimate of drug-likeness (QED) is 0.263. The van der Waals surface area contributed by atoms with Crippen LogP contribution in [0.5, 0.6) is 5.75 Å². The second kappa shape index (κ2) is 14.2. The number of hydrogen-bond acceptors (Lipinski definition) is 7. The summed E-state index contributed by atoms with van der Waals surface area (Å²) in [7, 11) is 0. The normalized spacial score (nSPS) is 9.91. The minimum Gasteiger partial charge on any atom is -0.492 e. The number of nitro groups is 1. The molecule has 3 aromatic rings. The standard InChI is InChI=1S/C19H18N6O3.2C2H6/c1-2-10-28-13-5-7-16(22-11-13)15(20)6-8-18-23-12-17(24-18)14-4-3-9-21-19(14)25(26)27;2*1-2/h3-9,11-12,20H,2,10H2,1H3,(H,23,24);2*1-2H3/b8-6-,20-15?;;. The maximum Gasteiger partial charge on any atom is 0.372 e. The third-order valence-electron chi connectivity index (χ3n) is 3.74. The molecule has 0 saturated heterocycles. The van der Waals surface area contributed by atoms with Crippen molar-refractivity contribution in [2.45, 2.75) is 41.0 Å². The predicted octanol–water partition coefficient (Wildman–Crippen LogP) is 5.70. The Balaban J connectivity index is 0.00000121. The predicted molar refractivity (Wildman–Crippen MR) is 127 cm³/mol. The number of imidazole rings is 1. The van der Waals surface area contributed by atoms with E-state index < -0.39 is 4.92 Å². The number of allylic oxidation sites excluding steroid dienone is 1. The molecule has 0 aliphatic carbocycles. The van der Waals surface area contributed by atoms with Gasteiger partial charge in [0, 0.05) is 0 Å². The number of nitrogens with one attached hydrogen (secondary N) is 2. The summed E-state index contributed by atoms with van der Waals surface area (Å²) in [5.41, 5.74) is 1.52. The summed E-state index contributed by atoms with van der Waals surface area (Å²) < 4.78 is 5.47. The SMILES string of the molecule is CC.CC.CCCOc1ccc(C(=N)/C=C\c2ncc(-c3cccnc3[N+](=O)[O-])[nH]2)nc1. The molecule has 170 valence electrons. The number of aromatic nitrogens is 4. The van der Waals surface area contributed by atoms with Crippen LogP contribution < -0.4 is 4.74 Å². The average Bonchev–Trinajstić information content (AvgIpc) is 3.33. The Morgan fingerprint density at radius 3 is 2.53 bits per heavy atom. The van der Waals surface area contributed by atoms with Crippen LogP contribution in [0, 0.1) is 15.5 Å². The fraction of sp³-hybridized carbons (Fsp3) is 0.304. The lowest BCUT2D eigenvalue weighted by molar-refractivity contribution is -0.388. The molecule has 2 N–H and O–H groups in total. The fourth-order valence-corrected chi connectivity index (χ4v) is 2.40. The Bertz CT molecular complexity index is 1010. The molecule has 0 unspecified atom stereocenters. The summed E-state index contributed by atoms with van der Waals surface area (Å²) in [4.78, 5) is 25.7. The zero-order valence-corrected chi connectivity index (χ0v) is 19.1. The van der Waals surface area contributed by atoms with E-state index in [-0.39, 0.29) is 11.5 Å². The molecule has 0 spiro atoms. The smallest absolute Gasteiger partial charge is 0.372 e. The average molecular weight is 439 g/mol. The molecule has 0 radical (unpaired) electrons. The van der Waals surface area contributed by atoms with E-state index in [1.807, 2.05) is 34.6 Å². The molecule has 0 bridgehead atoms. The van der Waals surface area contributed by atoms with Gasteiger partial charge in [-0.15, -0.1) is 0 Å². The first kappa shape index (κ1) is 26.2. The summed E-state index contributed by atoms with van der Waals surface area (Å²) in [5.74, 6) is 0.876. The van der Waals surface area contributed by atoms with Crippen molar-refractivity contribution in [1.29, 1.82) is 5.41 Å². The summed E-state index contributed by atoms with van der Waals surface area (Å²) in [6.45, 7) is 10.6. The minimum absolute atomic E-state index is 0.201. The molecule has 0 saturated carbocycles. The summed E-state index contributed by atoms with van der Waals surface area (Å²) in [5, 5.41) is 19.2. The van der Waals surface area contributed by atoms with Crippen LogP contribution in [-0.2, 0) is 0 Å². The van der Waals surface area contributed by atoms with Gasteiger partial charge >= 0.3 is 5.82 Å². The third-order valence-corrected chi connectivity index (χ3v) is 3.74. The maximum absolute atomic E-state index is 11.1. The van der Waals surface area contributed by atoms with Gasteiger partial charge in [-0.3, -0.25) is 10.4 Å². The van der Waals surface area contributed by atoms with E-state index in [4.69, 9.17) is 10.1 Å². The van der Waals surface area contributed by atoms with E-state index >= 15 is 0 Å². The van der Waals surface area contributed by atoms with Crippen LogP contribution in [0.1, 0.15) is 52.6 Å². The van der Waals surface area contributed by atoms with Gasteiger partial charge in [0.1, 0.15) is 17.8 Å². The van der Waals surface area contributed by atoms with E-state index in [1.165, 1.54) is 12.4 Å². The van der Waals surface area contributed by atoms with Crippen LogP contribution in [0.4, 0.5) is 5.82 Å². The van der Waals surface area contributed by atoms with Crippen molar-refractivity contribution in [3.63, 3.8) is 0 Å². The highest BCUT2D eigenvalue weighted by molar-refractivity contribution is 6.07. The van der Waals surface area contributed by atoms with E-state index in [9.17, 15) is 10.1 Å². The van der Waals surface area contributed by atoms with Crippen molar-refractivity contribution in [2.75, 3.05) is 6.61 Å². The number of pyridine rings is 2. The summed E-state index contributed by atoms with van der Waals surface area (Å²) >= 11 is 0. The molecular weight excluding hydrogens is 408 g/mol. The van der Waals surface area contributed by atoms with Gasteiger partial charge in [0.2, 0.25) is 0 Å². The molecule has 0 fully saturated rings. The Labute approximate surface area is 188 Å². The molecule has 0 aliphatic rings. The first-order valence-electron chi connectivity index (χ1n) is 10.6. The van der Waals surface area contributed by atoms with E-state index in [0.717, 1.165) is 6.42 Å². The molecule has 9 nitrogen and oxygen atoms in total. The number of aromatic amines is 1. The first-order valence-corrected chi connectivity index (χ1v) is 10.6. The number of hydrogen-bond donors (Lipinski definition) is 2. The highest BCUT2D eigenvalue weighted by atomic mass is 16.6. The van der Waals surface area contributed by atoms with Gasteiger partial charge < -0.3 is 19.8 Å². The largest absolute Gasteiger partial charge is 0.492 e. The molecule has 0 aliphatic heterocycles. The maximum atomic E-state index is 11.1. The Morgan fingerprint density at radius 1 is 1.16 bits per heavy atom. The van der Waals surface area contributed by atoms with Crippen molar-refractivity contribution < 1.29 is 9.66 Å². The van der Waals surface area contributed by atoms with Gasteiger partial charge in [-0.1, -0.05) is 34.6 Å². The van der Waals surface area contributed by atoms with Crippen LogP contribution >= 0.6 is 0 Å². The molecule has 3 rings (SSSR count). The number of H-pyrrole nitrogens is 1. The van der Waals surface area contributed by atoms with Crippen LogP contribution in [0.15, 0.2) is 48.9 Å². The zero-order chi connectivity index (χ0) is 23.9. The van der Waals surface area contributed by atoms with Crippen LogP contribution in [-0.4, -0.2) is 37.2 Å². The van der Waals surface area contributed by atoms with Crippen molar-refractivity contribution in [2.24, 2.45) is 0 Å². The van der Waals surface area contributed by atoms with Crippen molar-refractivity contribution in [3.05, 3.63) is 70.6 Å². The van der Waals surface area contributed by atoms with Gasteiger partial charge in [-0.05, 0) is 52.7 Å². The number of ether oxygens (including phenoxy) is 1. The minimum atomic E-state index is -0.541. The second-order valence-corrected chi connectivity index (χ2v) is 5.79. The number of rotatable bonds is 8. The lowest BCUT2D eigenvalue weighted by Gasteiger charge is -2.04. The van der Waals surface area contributed by atoms with Gasteiger partial charge in [0.05, 0.1) is 41.7 Å². The van der Waals surface area contributed by atoms with Crippen LogP contribution in [0.2, 0.25) is 0 Å². The molecule has 3 heterocycles. The lowest BCUT2D eigenvalue weighted by atomic mass is 10.2. The summed E-state index contributed by atoms with van der Waals surface area (Å²) in [6.07, 6.45) is 8.51. The number of nitrogens with zero attached hydrogens (tertiary/aromatic N) is 4. The summed E-state index contributed by atoms with van der Waals surface area (Å²) in [6, 6.07) is 6.70. The van der Waals surface area contributed by atoms with E-state index in [0.29, 0.717) is 35.1 Å². The molecule has 32 heavy (non-hydrogen) atoms. The van der Waals surface area contributed by atoms with Crippen molar-refractivity contribution >= 4 is 17.6 Å². The highest BCUT2D eigenvalue weighted by Crippen LogP contribution is 2.25. The van der Waals surface area contributed by atoms with E-state index in [2.05, 4.69) is 19.9 Å². The van der Waals surface area contributed by atoms with Gasteiger partial charge in [-0.2, -0.15) is 0 Å². The highest BCUT2D eigenvalue weighted by Gasteiger charge is 2.17. The second-order valence-electron chi connectivity index (χ2n) is 5.79. The lowest BCUT2D eigenvalue weighted by Crippen LogP contribution is -2.00. The van der Waals surface area contributed by atoms with Gasteiger partial charge in [-0.25, -0.2) is 4.98 Å². The Hall–Kier alpha value is -3.88. The molecule has 9 heteroatoms. The van der Waals surface area contributed by atoms with Crippen LogP contribution in [0.3, 0.4) is 0 Å². The molecule has 0 amide bonds. The molecular formula is C23H30N6O3. The molecule has 0 atom stereocenters. The molecule has 3 aromatic heterocycles. The Kier molecular flexibility index (Phi) is 11.6. The van der Waals surface area contributed by atoms with Crippen molar-refractivity contribution in [3.8, 4) is 17.0 Å². The van der Waals surface area contributed by atoms with Crippen LogP contribution in [0.25, 0.3) is 17.3 Å². The first-order chi connectivity index (χ1) is 15.6. The monoisotopic (exact) mass is 438 g/mol. The van der Waals surface area contributed by atoms with Gasteiger partial charge in [0.25, 0.3) is 0 Å². The Morgan fingerprint density at radius 2 is 1.91 bits per heavy atom. The van der Waals surface area contributed by atoms with Gasteiger partial charge in [0.15, 0.2) is 0 Å². The van der Waals surface area contributed by atoms with E-state index in [1.54, 1.807) is 42.6 Å². The third kappa shape index (κ3) is 7.42.